The van der Waals surface area contributed by atoms with Crippen molar-refractivity contribution in [3.8, 4) is 0 Å². The molecule has 1 saturated heterocycles. The average Bonchev–Trinajstić information content (AvgIpc) is 2.87. The number of hydrogen-bond acceptors (Lipinski definition) is 3. The number of fused-ring (bicyclic) bond motifs is 1. The van der Waals surface area contributed by atoms with Gasteiger partial charge < -0.3 is 15.0 Å². The molecule has 0 saturated carbocycles. The summed E-state index contributed by atoms with van der Waals surface area (Å²) in [5, 5.41) is 5.17. The van der Waals surface area contributed by atoms with Gasteiger partial charge in [0.05, 0.1) is 6.04 Å². The molecule has 1 aliphatic heterocycles. The minimum atomic E-state index is -0.183. The quantitative estimate of drug-likeness (QED) is 0.914. The molecule has 1 aliphatic rings. The van der Waals surface area contributed by atoms with Crippen LogP contribution in [0.15, 0.2) is 42.5 Å². The van der Waals surface area contributed by atoms with Crippen molar-refractivity contribution >= 4 is 22.6 Å². The summed E-state index contributed by atoms with van der Waals surface area (Å²) in [5.74, 6) is -0.113. The lowest BCUT2D eigenvalue weighted by atomic mass is 10.0. The lowest BCUT2D eigenvalue weighted by molar-refractivity contribution is -0.128. The van der Waals surface area contributed by atoms with E-state index >= 15 is 0 Å². The van der Waals surface area contributed by atoms with E-state index in [9.17, 15) is 9.59 Å². The van der Waals surface area contributed by atoms with Crippen LogP contribution in [0.2, 0.25) is 0 Å². The Morgan fingerprint density at radius 2 is 2.04 bits per heavy atom. The van der Waals surface area contributed by atoms with E-state index in [4.69, 9.17) is 4.74 Å². The number of benzene rings is 2. The van der Waals surface area contributed by atoms with Crippen molar-refractivity contribution < 1.29 is 14.3 Å². The van der Waals surface area contributed by atoms with Crippen molar-refractivity contribution in [1.29, 1.82) is 0 Å². The SMILES string of the molecule is COCC(=O)NC1CC(=O)N(Cc2cccc3ccccc23)C1. The molecule has 120 valence electrons. The van der Waals surface area contributed by atoms with Crippen molar-refractivity contribution in [1.82, 2.24) is 10.2 Å². The van der Waals surface area contributed by atoms with Crippen LogP contribution in [0, 0.1) is 0 Å². The Labute approximate surface area is 135 Å². The monoisotopic (exact) mass is 312 g/mol. The van der Waals surface area contributed by atoms with Gasteiger partial charge in [0, 0.05) is 26.6 Å². The maximum Gasteiger partial charge on any atom is 0.246 e. The van der Waals surface area contributed by atoms with E-state index in [0.717, 1.165) is 10.9 Å². The van der Waals surface area contributed by atoms with Gasteiger partial charge in [-0.3, -0.25) is 9.59 Å². The van der Waals surface area contributed by atoms with Crippen LogP contribution in [-0.4, -0.2) is 43.0 Å². The molecule has 2 aromatic rings. The fourth-order valence-electron chi connectivity index (χ4n) is 3.06. The fraction of sp³-hybridized carbons (Fsp3) is 0.333. The Balaban J connectivity index is 1.70. The van der Waals surface area contributed by atoms with Gasteiger partial charge in [-0.25, -0.2) is 0 Å². The predicted molar refractivity (Wildman–Crippen MR) is 87.8 cm³/mol. The Kier molecular flexibility index (Phi) is 4.57. The highest BCUT2D eigenvalue weighted by Gasteiger charge is 2.30. The Hall–Kier alpha value is -2.40. The summed E-state index contributed by atoms with van der Waals surface area (Å²) in [6, 6.07) is 14.1. The zero-order valence-electron chi connectivity index (χ0n) is 13.1. The smallest absolute Gasteiger partial charge is 0.246 e. The summed E-state index contributed by atoms with van der Waals surface area (Å²) < 4.78 is 4.80. The maximum absolute atomic E-state index is 12.2. The zero-order chi connectivity index (χ0) is 16.2. The molecule has 1 heterocycles. The second-order valence-corrected chi connectivity index (χ2v) is 5.81. The van der Waals surface area contributed by atoms with Crippen molar-refractivity contribution in [2.75, 3.05) is 20.3 Å². The molecule has 1 atom stereocenters. The second-order valence-electron chi connectivity index (χ2n) is 5.81. The molecule has 2 amide bonds. The van der Waals surface area contributed by atoms with Crippen LogP contribution in [0.5, 0.6) is 0 Å². The number of nitrogens with one attached hydrogen (secondary N) is 1. The van der Waals surface area contributed by atoms with Crippen LogP contribution in [0.3, 0.4) is 0 Å². The summed E-state index contributed by atoms with van der Waals surface area (Å²) in [5.41, 5.74) is 1.13. The minimum absolute atomic E-state index is 0.0218. The van der Waals surface area contributed by atoms with E-state index in [0.29, 0.717) is 19.5 Å². The van der Waals surface area contributed by atoms with Gasteiger partial charge in [-0.1, -0.05) is 42.5 Å². The van der Waals surface area contributed by atoms with Crippen LogP contribution < -0.4 is 5.32 Å². The molecule has 1 N–H and O–H groups in total. The van der Waals surface area contributed by atoms with E-state index in [1.165, 1.54) is 12.5 Å². The number of hydrogen-bond donors (Lipinski definition) is 1. The third-order valence-electron chi connectivity index (χ3n) is 4.10. The molecule has 0 aromatic heterocycles. The summed E-state index contributed by atoms with van der Waals surface area (Å²) in [7, 11) is 1.48. The highest BCUT2D eigenvalue weighted by molar-refractivity contribution is 5.87. The number of carbonyl (C=O) groups excluding carboxylic acids is 2. The summed E-state index contributed by atoms with van der Waals surface area (Å²) in [4.78, 5) is 25.6. The van der Waals surface area contributed by atoms with Crippen molar-refractivity contribution in [2.24, 2.45) is 0 Å². The first-order valence-electron chi connectivity index (χ1n) is 7.70. The summed E-state index contributed by atoms with van der Waals surface area (Å²) in [6.45, 7) is 1.13. The number of methoxy groups -OCH3 is 1. The van der Waals surface area contributed by atoms with Gasteiger partial charge in [0.2, 0.25) is 11.8 Å². The van der Waals surface area contributed by atoms with Crippen LogP contribution >= 0.6 is 0 Å². The van der Waals surface area contributed by atoms with E-state index < -0.39 is 0 Å². The lowest BCUT2D eigenvalue weighted by Gasteiger charge is -2.18. The maximum atomic E-state index is 12.2. The fourth-order valence-corrected chi connectivity index (χ4v) is 3.06. The van der Waals surface area contributed by atoms with Gasteiger partial charge in [-0.15, -0.1) is 0 Å². The van der Waals surface area contributed by atoms with Gasteiger partial charge in [0.1, 0.15) is 6.61 Å². The average molecular weight is 312 g/mol. The van der Waals surface area contributed by atoms with E-state index in [1.807, 2.05) is 24.3 Å². The number of ether oxygens (including phenoxy) is 1. The molecule has 23 heavy (non-hydrogen) atoms. The molecule has 0 aliphatic carbocycles. The normalized spacial score (nSPS) is 17.7. The highest BCUT2D eigenvalue weighted by Crippen LogP contribution is 2.22. The first-order valence-corrected chi connectivity index (χ1v) is 7.70. The standard InChI is InChI=1S/C18H20N2O3/c1-23-12-17(21)19-15-9-18(22)20(11-15)10-14-7-4-6-13-5-2-3-8-16(13)14/h2-8,15H,9-12H2,1H3,(H,19,21). The largest absolute Gasteiger partial charge is 0.375 e. The van der Waals surface area contributed by atoms with E-state index in [2.05, 4.69) is 23.5 Å². The Bertz CT molecular complexity index is 724. The van der Waals surface area contributed by atoms with Crippen LogP contribution in [0.25, 0.3) is 10.8 Å². The third-order valence-corrected chi connectivity index (χ3v) is 4.10. The lowest BCUT2D eigenvalue weighted by Crippen LogP contribution is -2.38. The molecule has 0 spiro atoms. The summed E-state index contributed by atoms with van der Waals surface area (Å²) in [6.07, 6.45) is 0.347. The van der Waals surface area contributed by atoms with E-state index in [1.54, 1.807) is 4.90 Å². The molecule has 0 radical (unpaired) electrons. The zero-order valence-corrected chi connectivity index (χ0v) is 13.1. The number of amides is 2. The van der Waals surface area contributed by atoms with Crippen LogP contribution in [0.1, 0.15) is 12.0 Å². The van der Waals surface area contributed by atoms with Gasteiger partial charge >= 0.3 is 0 Å². The molecule has 1 fully saturated rings. The number of carbonyl (C=O) groups is 2. The molecule has 2 aromatic carbocycles. The number of nitrogens with zero attached hydrogens (tertiary/aromatic N) is 1. The van der Waals surface area contributed by atoms with Gasteiger partial charge in [-0.2, -0.15) is 0 Å². The Morgan fingerprint density at radius 1 is 1.26 bits per heavy atom. The first kappa shape index (κ1) is 15.5. The topological polar surface area (TPSA) is 58.6 Å². The molecule has 0 bridgehead atoms. The Morgan fingerprint density at radius 3 is 2.87 bits per heavy atom. The molecular weight excluding hydrogens is 292 g/mol. The third kappa shape index (κ3) is 3.51. The van der Waals surface area contributed by atoms with Gasteiger partial charge in [0.25, 0.3) is 0 Å². The molecule has 1 unspecified atom stereocenters. The van der Waals surface area contributed by atoms with Crippen molar-refractivity contribution in [2.45, 2.75) is 19.0 Å². The number of likely N-dealkylation sites (tertiary alicyclic amines) is 1. The highest BCUT2D eigenvalue weighted by atomic mass is 16.5. The van der Waals surface area contributed by atoms with Crippen LogP contribution in [-0.2, 0) is 20.9 Å². The van der Waals surface area contributed by atoms with Gasteiger partial charge in [-0.05, 0) is 16.3 Å². The first-order chi connectivity index (χ1) is 11.2. The van der Waals surface area contributed by atoms with Crippen LogP contribution in [0.4, 0.5) is 0 Å². The molecule has 5 nitrogen and oxygen atoms in total. The van der Waals surface area contributed by atoms with Gasteiger partial charge in [0.15, 0.2) is 0 Å². The molecular formula is C18H20N2O3. The molecule has 3 rings (SSSR count). The second kappa shape index (κ2) is 6.79. The van der Waals surface area contributed by atoms with Crippen molar-refractivity contribution in [3.63, 3.8) is 0 Å². The summed E-state index contributed by atoms with van der Waals surface area (Å²) >= 11 is 0. The van der Waals surface area contributed by atoms with Crippen molar-refractivity contribution in [3.05, 3.63) is 48.0 Å². The number of rotatable bonds is 5. The molecule has 5 heteroatoms. The minimum Gasteiger partial charge on any atom is -0.375 e. The van der Waals surface area contributed by atoms with E-state index in [-0.39, 0.29) is 24.5 Å². The predicted octanol–water partition coefficient (Wildman–Crippen LogP) is 1.70.